The molecule has 1 aliphatic rings. The Bertz CT molecular complexity index is 1040. The third-order valence-corrected chi connectivity index (χ3v) is 5.52. The fourth-order valence-electron chi connectivity index (χ4n) is 4.07. The molecule has 0 spiro atoms. The Labute approximate surface area is 202 Å². The summed E-state index contributed by atoms with van der Waals surface area (Å²) in [6, 6.07) is 9.23. The number of carbonyl (C=O) groups excluding carboxylic acids is 2. The molecule has 2 heterocycles. The Hall–Kier alpha value is -3.01. The number of hydrogen-bond donors (Lipinski definition) is 0. The Morgan fingerprint density at radius 1 is 1.11 bits per heavy atom. The van der Waals surface area contributed by atoms with E-state index < -0.39 is 42.5 Å². The van der Waals surface area contributed by atoms with E-state index in [0.29, 0.717) is 23.4 Å². The van der Waals surface area contributed by atoms with Crippen LogP contribution in [0.1, 0.15) is 58.4 Å². The van der Waals surface area contributed by atoms with Crippen molar-refractivity contribution < 1.29 is 32.2 Å². The maximum atomic E-state index is 13.9. The average molecular weight is 494 g/mol. The van der Waals surface area contributed by atoms with Crippen LogP contribution in [0, 0.1) is 0 Å². The van der Waals surface area contributed by atoms with Crippen LogP contribution in [0.4, 0.5) is 13.2 Å². The van der Waals surface area contributed by atoms with Crippen LogP contribution < -0.4 is 0 Å². The lowest BCUT2D eigenvalue weighted by Gasteiger charge is -2.32. The van der Waals surface area contributed by atoms with Gasteiger partial charge in [0.1, 0.15) is 24.1 Å². The molecule has 0 radical (unpaired) electrons. The Morgan fingerprint density at radius 3 is 2.29 bits per heavy atom. The van der Waals surface area contributed by atoms with Gasteiger partial charge in [-0.25, -0.2) is 4.39 Å². The van der Waals surface area contributed by atoms with Gasteiger partial charge < -0.3 is 14.4 Å². The van der Waals surface area contributed by atoms with E-state index in [4.69, 9.17) is 9.47 Å². The van der Waals surface area contributed by atoms with Crippen LogP contribution in [-0.2, 0) is 25.5 Å². The lowest BCUT2D eigenvalue weighted by atomic mass is 10.00. The second-order valence-electron chi connectivity index (χ2n) is 9.83. The van der Waals surface area contributed by atoms with Crippen molar-refractivity contribution in [2.24, 2.45) is 0 Å². The summed E-state index contributed by atoms with van der Waals surface area (Å²) in [5.41, 5.74) is 0.590. The molecule has 1 amide bonds. The van der Waals surface area contributed by atoms with Crippen molar-refractivity contribution in [3.8, 4) is 11.3 Å². The summed E-state index contributed by atoms with van der Waals surface area (Å²) in [6.45, 7) is 7.32. The van der Waals surface area contributed by atoms with Gasteiger partial charge in [-0.05, 0) is 52.3 Å². The molecule has 0 saturated carbocycles. The number of esters is 1. The molecular weight excluding hydrogens is 463 g/mol. The van der Waals surface area contributed by atoms with Gasteiger partial charge >= 0.3 is 12.4 Å². The largest absolute Gasteiger partial charge is 0.460 e. The smallest absolute Gasteiger partial charge is 0.315 e. The number of alkyl halides is 3. The normalized spacial score (nSPS) is 19.7. The second kappa shape index (κ2) is 10.3. The van der Waals surface area contributed by atoms with Gasteiger partial charge in [-0.1, -0.05) is 24.3 Å². The van der Waals surface area contributed by atoms with Crippen molar-refractivity contribution in [2.75, 3.05) is 6.67 Å². The number of hydrogen-bond acceptors (Lipinski definition) is 6. The zero-order valence-electron chi connectivity index (χ0n) is 20.4. The zero-order chi connectivity index (χ0) is 26.0. The molecule has 0 bridgehead atoms. The molecule has 10 heteroatoms. The number of aryl methyl sites for hydroxylation is 1. The maximum absolute atomic E-state index is 13.9. The Kier molecular flexibility index (Phi) is 7.83. The number of benzene rings is 1. The van der Waals surface area contributed by atoms with Crippen LogP contribution in [0.25, 0.3) is 11.3 Å². The molecule has 0 aliphatic carbocycles. The predicted octanol–water partition coefficient (Wildman–Crippen LogP) is 4.66. The highest BCUT2D eigenvalue weighted by atomic mass is 19.3. The molecule has 190 valence electrons. The van der Waals surface area contributed by atoms with Crippen molar-refractivity contribution in [2.45, 2.75) is 77.4 Å². The standard InChI is InChI=1S/C25H30F3N3O4/c1-24(2,3)34-20(32)13-11-17-10-12-18(30-29-17)15-6-8-16(9-7-15)21-19(14-26)31(23(33)22(27)28)25(4,5)35-21/h6-10,12,19,21-22H,11,13-14H2,1-5H3/t19-,21+/m0/s1. The fraction of sp³-hybridized carbons (Fsp3) is 0.520. The van der Waals surface area contributed by atoms with Crippen molar-refractivity contribution in [3.05, 3.63) is 47.7 Å². The molecule has 0 N–H and O–H groups in total. The van der Waals surface area contributed by atoms with Crippen molar-refractivity contribution in [1.29, 1.82) is 0 Å². The van der Waals surface area contributed by atoms with Gasteiger partial charge in [0.25, 0.3) is 5.91 Å². The van der Waals surface area contributed by atoms with Crippen LogP contribution in [0.3, 0.4) is 0 Å². The molecule has 3 rings (SSSR count). The van der Waals surface area contributed by atoms with Crippen LogP contribution in [0.15, 0.2) is 36.4 Å². The highest BCUT2D eigenvalue weighted by Crippen LogP contribution is 2.42. The number of aromatic nitrogens is 2. The second-order valence-corrected chi connectivity index (χ2v) is 9.83. The number of carbonyl (C=O) groups is 2. The van der Waals surface area contributed by atoms with Crippen LogP contribution in [-0.4, -0.2) is 57.4 Å². The van der Waals surface area contributed by atoms with Crippen molar-refractivity contribution in [3.63, 3.8) is 0 Å². The third-order valence-electron chi connectivity index (χ3n) is 5.52. The number of halogens is 3. The highest BCUT2D eigenvalue weighted by Gasteiger charge is 2.52. The quantitative estimate of drug-likeness (QED) is 0.522. The molecule has 1 fully saturated rings. The van der Waals surface area contributed by atoms with E-state index in [2.05, 4.69) is 10.2 Å². The first-order valence-electron chi connectivity index (χ1n) is 11.3. The monoisotopic (exact) mass is 493 g/mol. The highest BCUT2D eigenvalue weighted by molar-refractivity contribution is 5.80. The Balaban J connectivity index is 1.70. The Morgan fingerprint density at radius 2 is 1.77 bits per heavy atom. The van der Waals surface area contributed by atoms with E-state index >= 15 is 0 Å². The van der Waals surface area contributed by atoms with E-state index in [1.165, 1.54) is 13.8 Å². The van der Waals surface area contributed by atoms with Gasteiger partial charge in [0.2, 0.25) is 0 Å². The van der Waals surface area contributed by atoms with E-state index in [-0.39, 0.29) is 12.4 Å². The lowest BCUT2D eigenvalue weighted by molar-refractivity contribution is -0.159. The minimum Gasteiger partial charge on any atom is -0.460 e. The van der Waals surface area contributed by atoms with Crippen LogP contribution in [0.5, 0.6) is 0 Å². The summed E-state index contributed by atoms with van der Waals surface area (Å²) in [6.07, 6.45) is -3.56. The molecule has 1 aliphatic heterocycles. The molecule has 2 atom stereocenters. The van der Waals surface area contributed by atoms with Crippen LogP contribution >= 0.6 is 0 Å². The van der Waals surface area contributed by atoms with Crippen LogP contribution in [0.2, 0.25) is 0 Å². The molecule has 35 heavy (non-hydrogen) atoms. The number of amides is 1. The zero-order valence-corrected chi connectivity index (χ0v) is 20.4. The summed E-state index contributed by atoms with van der Waals surface area (Å²) < 4.78 is 51.1. The molecule has 1 aromatic carbocycles. The van der Waals surface area contributed by atoms with Gasteiger partial charge in [-0.15, -0.1) is 0 Å². The maximum Gasteiger partial charge on any atom is 0.315 e. The number of rotatable bonds is 7. The summed E-state index contributed by atoms with van der Waals surface area (Å²) in [4.78, 5) is 24.7. The minimum absolute atomic E-state index is 0.193. The first-order valence-corrected chi connectivity index (χ1v) is 11.3. The van der Waals surface area contributed by atoms with Gasteiger partial charge in [0.05, 0.1) is 23.9 Å². The van der Waals surface area contributed by atoms with E-state index in [0.717, 1.165) is 10.5 Å². The topological polar surface area (TPSA) is 81.6 Å². The molecule has 1 saturated heterocycles. The van der Waals surface area contributed by atoms with E-state index in [9.17, 15) is 22.8 Å². The van der Waals surface area contributed by atoms with Gasteiger partial charge in [0, 0.05) is 12.0 Å². The summed E-state index contributed by atoms with van der Waals surface area (Å²) in [7, 11) is 0. The lowest BCUT2D eigenvalue weighted by Crippen LogP contribution is -2.51. The fourth-order valence-corrected chi connectivity index (χ4v) is 4.07. The molecular formula is C25H30F3N3O4. The summed E-state index contributed by atoms with van der Waals surface area (Å²) in [5, 5.41) is 8.37. The number of nitrogens with zero attached hydrogens (tertiary/aromatic N) is 3. The van der Waals surface area contributed by atoms with Crippen molar-refractivity contribution in [1.82, 2.24) is 15.1 Å². The van der Waals surface area contributed by atoms with Crippen molar-refractivity contribution >= 4 is 11.9 Å². The minimum atomic E-state index is -3.25. The van der Waals surface area contributed by atoms with E-state index in [1.807, 2.05) is 0 Å². The predicted molar refractivity (Wildman–Crippen MR) is 122 cm³/mol. The average Bonchev–Trinajstić information content (AvgIpc) is 3.06. The molecule has 1 aromatic heterocycles. The van der Waals surface area contributed by atoms with E-state index in [1.54, 1.807) is 57.2 Å². The first-order chi connectivity index (χ1) is 16.3. The molecule has 7 nitrogen and oxygen atoms in total. The molecule has 0 unspecified atom stereocenters. The van der Waals surface area contributed by atoms with Gasteiger partial charge in [-0.3, -0.25) is 9.59 Å². The SMILES string of the molecule is CC(C)(C)OC(=O)CCc1ccc(-c2ccc([C@H]3OC(C)(C)N(C(=O)C(F)F)[C@H]3CF)cc2)nn1. The summed E-state index contributed by atoms with van der Waals surface area (Å²) in [5.74, 6) is -1.77. The summed E-state index contributed by atoms with van der Waals surface area (Å²) >= 11 is 0. The first kappa shape index (κ1) is 26.6. The third kappa shape index (κ3) is 6.36. The van der Waals surface area contributed by atoms with Gasteiger partial charge in [0.15, 0.2) is 0 Å². The molecule has 2 aromatic rings. The number of ether oxygens (including phenoxy) is 2. The van der Waals surface area contributed by atoms with Gasteiger partial charge in [-0.2, -0.15) is 19.0 Å².